The van der Waals surface area contributed by atoms with Gasteiger partial charge in [-0.3, -0.25) is 0 Å². The second-order valence-electron chi connectivity index (χ2n) is 6.32. The molecule has 2 heterocycles. The molecule has 1 atom stereocenters. The minimum absolute atomic E-state index is 0.0526. The largest absolute Gasteiger partial charge is 0.383 e. The molecule has 1 aromatic heterocycles. The molecule has 1 aromatic carbocycles. The Kier molecular flexibility index (Phi) is 5.24. The van der Waals surface area contributed by atoms with E-state index in [0.29, 0.717) is 26.1 Å². The van der Waals surface area contributed by atoms with E-state index in [0.717, 1.165) is 29.3 Å². The number of benzene rings is 1. The molecule has 1 aliphatic rings. The van der Waals surface area contributed by atoms with Gasteiger partial charge in [-0.2, -0.15) is 12.7 Å². The summed E-state index contributed by atoms with van der Waals surface area (Å²) in [6, 6.07) is 6.11. The molecule has 7 heteroatoms. The summed E-state index contributed by atoms with van der Waals surface area (Å²) >= 11 is 0. The van der Waals surface area contributed by atoms with E-state index in [1.54, 1.807) is 7.11 Å². The highest BCUT2D eigenvalue weighted by Gasteiger charge is 2.33. The number of para-hydroxylation sites is 1. The van der Waals surface area contributed by atoms with Gasteiger partial charge in [0, 0.05) is 43.3 Å². The van der Waals surface area contributed by atoms with Crippen molar-refractivity contribution in [3.05, 3.63) is 35.5 Å². The minimum Gasteiger partial charge on any atom is -0.383 e. The van der Waals surface area contributed by atoms with Gasteiger partial charge in [-0.15, -0.1) is 0 Å². The van der Waals surface area contributed by atoms with Crippen molar-refractivity contribution < 1.29 is 13.2 Å². The number of H-pyrrole nitrogens is 1. The molecule has 2 aromatic rings. The number of rotatable bonds is 7. The average Bonchev–Trinajstić information content (AvgIpc) is 3.16. The van der Waals surface area contributed by atoms with Gasteiger partial charge in [0.05, 0.1) is 6.61 Å². The van der Waals surface area contributed by atoms with Crippen LogP contribution in [0.2, 0.25) is 0 Å². The fourth-order valence-corrected chi connectivity index (χ4v) is 4.91. The maximum absolute atomic E-state index is 12.5. The van der Waals surface area contributed by atoms with E-state index in [9.17, 15) is 8.42 Å². The molecule has 24 heavy (non-hydrogen) atoms. The quantitative estimate of drug-likeness (QED) is 0.801. The van der Waals surface area contributed by atoms with Gasteiger partial charge in [0.15, 0.2) is 0 Å². The summed E-state index contributed by atoms with van der Waals surface area (Å²) in [7, 11) is -1.85. The average molecular weight is 351 g/mol. The fraction of sp³-hybridized carbons (Fsp3) is 0.529. The van der Waals surface area contributed by atoms with Gasteiger partial charge < -0.3 is 9.72 Å². The van der Waals surface area contributed by atoms with Crippen LogP contribution in [0.4, 0.5) is 0 Å². The molecule has 0 aliphatic carbocycles. The number of ether oxygens (including phenoxy) is 1. The smallest absolute Gasteiger partial charge is 0.279 e. The Bertz CT molecular complexity index is 801. The van der Waals surface area contributed by atoms with Crippen LogP contribution in [-0.4, -0.2) is 50.6 Å². The van der Waals surface area contributed by atoms with Crippen molar-refractivity contribution in [3.8, 4) is 0 Å². The van der Waals surface area contributed by atoms with Crippen molar-refractivity contribution in [2.45, 2.75) is 32.2 Å². The van der Waals surface area contributed by atoms with Crippen molar-refractivity contribution in [1.82, 2.24) is 14.0 Å². The first kappa shape index (κ1) is 17.4. The molecular weight excluding hydrogens is 326 g/mol. The maximum atomic E-state index is 12.5. The molecule has 1 saturated heterocycles. The molecule has 0 saturated carbocycles. The predicted octanol–water partition coefficient (Wildman–Crippen LogP) is 1.96. The Hall–Kier alpha value is -1.41. The van der Waals surface area contributed by atoms with E-state index in [1.165, 1.54) is 9.87 Å². The zero-order valence-corrected chi connectivity index (χ0v) is 15.0. The zero-order chi connectivity index (χ0) is 17.2. The number of nitrogens with one attached hydrogen (secondary N) is 2. The number of aromatic amines is 1. The summed E-state index contributed by atoms with van der Waals surface area (Å²) < 4.78 is 34.4. The van der Waals surface area contributed by atoms with Crippen LogP contribution >= 0.6 is 0 Å². The highest BCUT2D eigenvalue weighted by atomic mass is 32.2. The lowest BCUT2D eigenvalue weighted by atomic mass is 10.1. The molecule has 2 N–H and O–H groups in total. The predicted molar refractivity (Wildman–Crippen MR) is 95.3 cm³/mol. The number of aromatic nitrogens is 1. The van der Waals surface area contributed by atoms with E-state index in [-0.39, 0.29) is 6.04 Å². The van der Waals surface area contributed by atoms with E-state index < -0.39 is 10.2 Å². The van der Waals surface area contributed by atoms with Gasteiger partial charge in [0.1, 0.15) is 0 Å². The first-order valence-corrected chi connectivity index (χ1v) is 9.78. The Labute approximate surface area is 143 Å². The van der Waals surface area contributed by atoms with Crippen molar-refractivity contribution >= 4 is 21.1 Å². The van der Waals surface area contributed by atoms with E-state index in [2.05, 4.69) is 28.8 Å². The lowest BCUT2D eigenvalue weighted by molar-refractivity contribution is 0.148. The number of methoxy groups -OCH3 is 1. The topological polar surface area (TPSA) is 74.4 Å². The van der Waals surface area contributed by atoms with E-state index >= 15 is 0 Å². The van der Waals surface area contributed by atoms with Crippen molar-refractivity contribution in [2.24, 2.45) is 0 Å². The summed E-state index contributed by atoms with van der Waals surface area (Å²) in [4.78, 5) is 3.28. The monoisotopic (exact) mass is 351 g/mol. The second-order valence-corrected chi connectivity index (χ2v) is 8.03. The lowest BCUT2D eigenvalue weighted by Crippen LogP contribution is -2.45. The SMILES string of the molecule is COC[C@H]1CCCN1S(=O)(=O)NCCc1c[nH]c2c(C)cccc12. The number of hydrogen-bond donors (Lipinski definition) is 2. The molecule has 0 radical (unpaired) electrons. The Morgan fingerprint density at radius 3 is 3.04 bits per heavy atom. The number of aryl methyl sites for hydroxylation is 1. The van der Waals surface area contributed by atoms with Crippen LogP contribution in [0.5, 0.6) is 0 Å². The van der Waals surface area contributed by atoms with Crippen LogP contribution in [0.15, 0.2) is 24.4 Å². The van der Waals surface area contributed by atoms with Gasteiger partial charge in [-0.1, -0.05) is 18.2 Å². The van der Waals surface area contributed by atoms with Gasteiger partial charge >= 0.3 is 0 Å². The highest BCUT2D eigenvalue weighted by molar-refractivity contribution is 7.87. The molecule has 0 unspecified atom stereocenters. The first-order valence-electron chi connectivity index (χ1n) is 8.34. The standard InChI is InChI=1S/C17H25N3O3S/c1-13-5-3-7-16-14(11-18-17(13)16)8-9-19-24(21,22)20-10-4-6-15(20)12-23-2/h3,5,7,11,15,18-19H,4,6,8-10,12H2,1-2H3/t15-/m1/s1. The zero-order valence-electron chi connectivity index (χ0n) is 14.2. The Morgan fingerprint density at radius 2 is 2.25 bits per heavy atom. The summed E-state index contributed by atoms with van der Waals surface area (Å²) in [5.41, 5.74) is 3.44. The van der Waals surface area contributed by atoms with E-state index in [1.807, 2.05) is 12.3 Å². The first-order chi connectivity index (χ1) is 11.5. The molecule has 132 valence electrons. The number of nitrogens with zero attached hydrogens (tertiary/aromatic N) is 1. The summed E-state index contributed by atoms with van der Waals surface area (Å²) in [5.74, 6) is 0. The van der Waals surface area contributed by atoms with Crippen LogP contribution in [0.25, 0.3) is 10.9 Å². The van der Waals surface area contributed by atoms with Gasteiger partial charge in [0.2, 0.25) is 0 Å². The van der Waals surface area contributed by atoms with E-state index in [4.69, 9.17) is 4.74 Å². The van der Waals surface area contributed by atoms with Gasteiger partial charge in [0.25, 0.3) is 10.2 Å². The normalized spacial score (nSPS) is 19.3. The lowest BCUT2D eigenvalue weighted by Gasteiger charge is -2.23. The minimum atomic E-state index is -3.45. The van der Waals surface area contributed by atoms with Gasteiger partial charge in [-0.05, 0) is 37.3 Å². The second kappa shape index (κ2) is 7.23. The third kappa shape index (κ3) is 3.49. The van der Waals surface area contributed by atoms with Crippen molar-refractivity contribution in [3.63, 3.8) is 0 Å². The fourth-order valence-electron chi connectivity index (χ4n) is 3.45. The van der Waals surface area contributed by atoms with Crippen LogP contribution in [0, 0.1) is 6.92 Å². The summed E-state index contributed by atoms with van der Waals surface area (Å²) in [5, 5.41) is 1.16. The molecule has 0 amide bonds. The van der Waals surface area contributed by atoms with Crippen molar-refractivity contribution in [2.75, 3.05) is 26.8 Å². The molecule has 1 aliphatic heterocycles. The van der Waals surface area contributed by atoms with Crippen LogP contribution in [-0.2, 0) is 21.4 Å². The van der Waals surface area contributed by atoms with Crippen LogP contribution < -0.4 is 4.72 Å². The third-order valence-corrected chi connectivity index (χ3v) is 6.35. The number of fused-ring (bicyclic) bond motifs is 1. The van der Waals surface area contributed by atoms with Crippen LogP contribution in [0.1, 0.15) is 24.0 Å². The van der Waals surface area contributed by atoms with Crippen molar-refractivity contribution in [1.29, 1.82) is 0 Å². The molecule has 0 bridgehead atoms. The highest BCUT2D eigenvalue weighted by Crippen LogP contribution is 2.22. The molecule has 3 rings (SSSR count). The summed E-state index contributed by atoms with van der Waals surface area (Å²) in [6.45, 7) is 3.46. The Morgan fingerprint density at radius 1 is 1.42 bits per heavy atom. The maximum Gasteiger partial charge on any atom is 0.279 e. The molecule has 0 spiro atoms. The number of hydrogen-bond acceptors (Lipinski definition) is 3. The third-order valence-electron chi connectivity index (χ3n) is 4.68. The summed E-state index contributed by atoms with van der Waals surface area (Å²) in [6.07, 6.45) is 4.37. The Balaban J connectivity index is 1.63. The molecular formula is C17H25N3O3S. The van der Waals surface area contributed by atoms with Gasteiger partial charge in [-0.25, -0.2) is 4.72 Å². The molecule has 6 nitrogen and oxygen atoms in total. The molecule has 1 fully saturated rings. The van der Waals surface area contributed by atoms with Crippen LogP contribution in [0.3, 0.4) is 0 Å².